The minimum Gasteiger partial charge on any atom is -0.481 e. The van der Waals surface area contributed by atoms with E-state index in [1.54, 1.807) is 0 Å². The van der Waals surface area contributed by atoms with Crippen LogP contribution in [0.3, 0.4) is 0 Å². The summed E-state index contributed by atoms with van der Waals surface area (Å²) in [5.41, 5.74) is 0. The number of aliphatic carboxylic acids is 1. The number of esters is 1. The third-order valence-corrected chi connectivity index (χ3v) is 4.09. The zero-order chi connectivity index (χ0) is 19.8. The number of rotatable bonds is 16. The van der Waals surface area contributed by atoms with Gasteiger partial charge in [-0.3, -0.25) is 9.59 Å². The number of allylic oxidation sites excluding steroid dienone is 2. The van der Waals surface area contributed by atoms with Gasteiger partial charge in [0.05, 0.1) is 27.6 Å². The van der Waals surface area contributed by atoms with E-state index >= 15 is 0 Å². The number of carbonyl (C=O) groups excluding carboxylic acids is 1. The number of likely N-dealkylation sites (N-methyl/N-ethyl adjacent to an activating group) is 1. The van der Waals surface area contributed by atoms with E-state index in [-0.39, 0.29) is 12.4 Å². The van der Waals surface area contributed by atoms with Gasteiger partial charge >= 0.3 is 11.9 Å². The minimum absolute atomic E-state index is 0.139. The summed E-state index contributed by atoms with van der Waals surface area (Å²) < 4.78 is 5.93. The van der Waals surface area contributed by atoms with Crippen molar-refractivity contribution in [3.63, 3.8) is 0 Å². The first-order valence-electron chi connectivity index (χ1n) is 10.1. The summed E-state index contributed by atoms with van der Waals surface area (Å²) in [6.45, 7) is 2.73. The molecule has 0 spiro atoms. The number of nitrogens with zero attached hydrogens (tertiary/aromatic N) is 1. The highest BCUT2D eigenvalue weighted by molar-refractivity contribution is 5.71. The van der Waals surface area contributed by atoms with E-state index in [0.717, 1.165) is 19.3 Å². The van der Waals surface area contributed by atoms with Crippen LogP contribution in [0.2, 0.25) is 0 Å². The predicted octanol–water partition coefficient (Wildman–Crippen LogP) is 4.56. The Morgan fingerprint density at radius 2 is 1.54 bits per heavy atom. The van der Waals surface area contributed by atoms with Gasteiger partial charge in [-0.25, -0.2) is 0 Å². The Labute approximate surface area is 160 Å². The summed E-state index contributed by atoms with van der Waals surface area (Å²) in [5, 5.41) is 8.96. The second kappa shape index (κ2) is 14.8. The molecule has 0 fully saturated rings. The van der Waals surface area contributed by atoms with Crippen LogP contribution >= 0.6 is 0 Å². The Balaban J connectivity index is 3.85. The number of quaternary nitrogens is 1. The van der Waals surface area contributed by atoms with E-state index in [0.29, 0.717) is 17.4 Å². The second-order valence-electron chi connectivity index (χ2n) is 8.10. The van der Waals surface area contributed by atoms with Gasteiger partial charge in [0.25, 0.3) is 0 Å². The molecule has 0 saturated heterocycles. The summed E-state index contributed by atoms with van der Waals surface area (Å²) in [4.78, 5) is 22.9. The highest BCUT2D eigenvalue weighted by Crippen LogP contribution is 2.10. The molecule has 5 nitrogen and oxygen atoms in total. The predicted molar refractivity (Wildman–Crippen MR) is 106 cm³/mol. The summed E-state index contributed by atoms with van der Waals surface area (Å²) in [7, 11) is 5.87. The molecule has 0 saturated carbocycles. The normalized spacial score (nSPS) is 13.1. The molecule has 5 heteroatoms. The van der Waals surface area contributed by atoms with E-state index < -0.39 is 12.1 Å². The van der Waals surface area contributed by atoms with E-state index in [1.807, 2.05) is 21.1 Å². The molecule has 1 N–H and O–H groups in total. The Bertz CT molecular complexity index is 413. The van der Waals surface area contributed by atoms with Crippen LogP contribution in [0.4, 0.5) is 0 Å². The first kappa shape index (κ1) is 24.6. The Kier molecular flexibility index (Phi) is 14.0. The lowest BCUT2D eigenvalue weighted by Gasteiger charge is -2.28. The number of carboxylic acid groups (broad SMARTS) is 1. The second-order valence-corrected chi connectivity index (χ2v) is 8.10. The van der Waals surface area contributed by atoms with Crippen LogP contribution in [-0.2, 0) is 14.3 Å². The molecule has 0 radical (unpaired) electrons. The van der Waals surface area contributed by atoms with Crippen molar-refractivity contribution in [2.24, 2.45) is 0 Å². The lowest BCUT2D eigenvalue weighted by Crippen LogP contribution is -2.43. The van der Waals surface area contributed by atoms with Gasteiger partial charge in [0.1, 0.15) is 6.54 Å². The van der Waals surface area contributed by atoms with Crippen LogP contribution in [0.1, 0.15) is 77.6 Å². The van der Waals surface area contributed by atoms with Crippen molar-refractivity contribution in [2.45, 2.75) is 83.7 Å². The van der Waals surface area contributed by atoms with Crippen molar-refractivity contribution >= 4 is 11.9 Å². The van der Waals surface area contributed by atoms with Crippen LogP contribution in [0, 0.1) is 0 Å². The molecule has 0 aliphatic heterocycles. The number of carbonyl (C=O) groups is 2. The van der Waals surface area contributed by atoms with E-state index in [4.69, 9.17) is 9.84 Å². The molecule has 1 atom stereocenters. The number of hydrogen-bond donors (Lipinski definition) is 1. The average Bonchev–Trinajstić information content (AvgIpc) is 2.50. The number of hydrogen-bond acceptors (Lipinski definition) is 3. The topological polar surface area (TPSA) is 63.6 Å². The van der Waals surface area contributed by atoms with E-state index in [2.05, 4.69) is 19.1 Å². The van der Waals surface area contributed by atoms with Gasteiger partial charge in [-0.2, -0.15) is 0 Å². The highest BCUT2D eigenvalue weighted by atomic mass is 16.5. The average molecular weight is 371 g/mol. The summed E-state index contributed by atoms with van der Waals surface area (Å²) >= 11 is 0. The van der Waals surface area contributed by atoms with Crippen molar-refractivity contribution in [1.29, 1.82) is 0 Å². The van der Waals surface area contributed by atoms with Crippen molar-refractivity contribution in [2.75, 3.05) is 27.7 Å². The quantitative estimate of drug-likeness (QED) is 0.187. The fraction of sp³-hybridized carbons (Fsp3) is 0.810. The van der Waals surface area contributed by atoms with Gasteiger partial charge in [-0.1, -0.05) is 51.2 Å². The monoisotopic (exact) mass is 370 g/mol. The molecule has 26 heavy (non-hydrogen) atoms. The first-order chi connectivity index (χ1) is 12.2. The Morgan fingerprint density at radius 1 is 0.962 bits per heavy atom. The molecule has 152 valence electrons. The number of ether oxygens (including phenoxy) is 1. The maximum absolute atomic E-state index is 11.9. The first-order valence-corrected chi connectivity index (χ1v) is 10.1. The van der Waals surface area contributed by atoms with Crippen LogP contribution < -0.4 is 0 Å². The zero-order valence-electron chi connectivity index (χ0n) is 17.3. The fourth-order valence-electron chi connectivity index (χ4n) is 2.84. The molecule has 0 rings (SSSR count). The highest BCUT2D eigenvalue weighted by Gasteiger charge is 2.24. The third-order valence-electron chi connectivity index (χ3n) is 4.09. The van der Waals surface area contributed by atoms with E-state index in [9.17, 15) is 9.59 Å². The SMILES string of the molecule is CCCCCCCC/C=C\CCCC(=O)OC(CC(=O)O)C[N+](C)(C)C. The molecular weight excluding hydrogens is 330 g/mol. The fourth-order valence-corrected chi connectivity index (χ4v) is 2.84. The van der Waals surface area contributed by atoms with Crippen LogP contribution in [-0.4, -0.2) is 55.3 Å². The van der Waals surface area contributed by atoms with Crippen molar-refractivity contribution in [3.8, 4) is 0 Å². The molecule has 0 aromatic carbocycles. The van der Waals surface area contributed by atoms with Gasteiger partial charge in [0, 0.05) is 6.42 Å². The van der Waals surface area contributed by atoms with Crippen LogP contribution in [0.15, 0.2) is 12.2 Å². The van der Waals surface area contributed by atoms with Gasteiger partial charge in [0.2, 0.25) is 0 Å². The maximum atomic E-state index is 11.9. The van der Waals surface area contributed by atoms with Crippen molar-refractivity contribution in [3.05, 3.63) is 12.2 Å². The molecular formula is C21H40NO4+. The maximum Gasteiger partial charge on any atom is 0.307 e. The molecule has 1 unspecified atom stereocenters. The molecule has 0 bridgehead atoms. The van der Waals surface area contributed by atoms with Crippen molar-refractivity contribution < 1.29 is 23.9 Å². The third kappa shape index (κ3) is 17.5. The Morgan fingerprint density at radius 3 is 2.12 bits per heavy atom. The number of unbranched alkanes of at least 4 members (excludes halogenated alkanes) is 7. The van der Waals surface area contributed by atoms with Crippen molar-refractivity contribution in [1.82, 2.24) is 0 Å². The minimum atomic E-state index is -0.936. The number of carboxylic acids is 1. The lowest BCUT2D eigenvalue weighted by atomic mass is 10.1. The van der Waals surface area contributed by atoms with Gasteiger partial charge < -0.3 is 14.3 Å². The molecule has 0 aromatic heterocycles. The van der Waals surface area contributed by atoms with Gasteiger partial charge in [0.15, 0.2) is 6.10 Å². The standard InChI is InChI=1S/C21H39NO4/c1-5-6-7-8-9-10-11-12-13-14-15-16-21(25)26-19(17-20(23)24)18-22(2,3)4/h12-13,19H,5-11,14-18H2,1-4H3/p+1/b13-12-. The molecule has 0 aromatic rings. The smallest absolute Gasteiger partial charge is 0.307 e. The van der Waals surface area contributed by atoms with Gasteiger partial charge in [-0.05, 0) is 25.7 Å². The zero-order valence-corrected chi connectivity index (χ0v) is 17.3. The summed E-state index contributed by atoms with van der Waals surface area (Å²) in [6.07, 6.45) is 14.5. The van der Waals surface area contributed by atoms with Crippen LogP contribution in [0.25, 0.3) is 0 Å². The summed E-state index contributed by atoms with van der Waals surface area (Å²) in [6, 6.07) is 0. The molecule has 0 aliphatic carbocycles. The molecule has 0 amide bonds. The largest absolute Gasteiger partial charge is 0.481 e. The molecule has 0 heterocycles. The summed E-state index contributed by atoms with van der Waals surface area (Å²) in [5.74, 6) is -1.23. The Hall–Kier alpha value is -1.36. The molecule has 0 aliphatic rings. The van der Waals surface area contributed by atoms with Gasteiger partial charge in [-0.15, -0.1) is 0 Å². The lowest BCUT2D eigenvalue weighted by molar-refractivity contribution is -0.873. The van der Waals surface area contributed by atoms with E-state index in [1.165, 1.54) is 38.5 Å². The van der Waals surface area contributed by atoms with Crippen LogP contribution in [0.5, 0.6) is 0 Å².